The van der Waals surface area contributed by atoms with Crippen LogP contribution in [-0.4, -0.2) is 6.29 Å². The molecule has 0 aliphatic carbocycles. The van der Waals surface area contributed by atoms with E-state index in [1.807, 2.05) is 0 Å². The molecule has 6 heteroatoms. The molecule has 0 aromatic heterocycles. The Morgan fingerprint density at radius 2 is 1.81 bits per heavy atom. The van der Waals surface area contributed by atoms with Gasteiger partial charge in [-0.25, -0.2) is 4.39 Å². The first-order valence-corrected chi connectivity index (χ1v) is 6.32. The van der Waals surface area contributed by atoms with Crippen molar-refractivity contribution in [2.75, 3.05) is 5.32 Å². The molecule has 0 fully saturated rings. The van der Waals surface area contributed by atoms with Crippen LogP contribution >= 0.6 is 0 Å². The smallest absolute Gasteiger partial charge is 0.395 e. The number of alkyl halides is 2. The predicted molar refractivity (Wildman–Crippen MR) is 71.1 cm³/mol. The Kier molecular flexibility index (Phi) is 3.16. The maximum atomic E-state index is 13.0. The van der Waals surface area contributed by atoms with Gasteiger partial charge in [0.15, 0.2) is 11.5 Å². The van der Waals surface area contributed by atoms with Crippen LogP contribution in [0.1, 0.15) is 11.1 Å². The molecule has 0 bridgehead atoms. The highest BCUT2D eigenvalue weighted by atomic mass is 19.3. The van der Waals surface area contributed by atoms with E-state index in [1.54, 1.807) is 19.1 Å². The van der Waals surface area contributed by atoms with E-state index in [4.69, 9.17) is 0 Å². The minimum atomic E-state index is -3.62. The van der Waals surface area contributed by atoms with Gasteiger partial charge in [0.2, 0.25) is 0 Å². The zero-order valence-corrected chi connectivity index (χ0v) is 11.1. The maximum absolute atomic E-state index is 13.0. The van der Waals surface area contributed by atoms with Gasteiger partial charge in [0, 0.05) is 18.3 Å². The van der Waals surface area contributed by atoms with Gasteiger partial charge >= 0.3 is 6.29 Å². The van der Waals surface area contributed by atoms with Crippen molar-refractivity contribution in [1.82, 2.24) is 0 Å². The summed E-state index contributed by atoms with van der Waals surface area (Å²) in [4.78, 5) is 0. The Morgan fingerprint density at radius 3 is 2.57 bits per heavy atom. The van der Waals surface area contributed by atoms with Crippen molar-refractivity contribution in [3.05, 3.63) is 53.3 Å². The fraction of sp³-hybridized carbons (Fsp3) is 0.200. The summed E-state index contributed by atoms with van der Waals surface area (Å²) in [5, 5.41) is 3.08. The number of fused-ring (bicyclic) bond motifs is 1. The fourth-order valence-electron chi connectivity index (χ4n) is 2.11. The third-order valence-electron chi connectivity index (χ3n) is 3.19. The Bertz CT molecular complexity index is 689. The van der Waals surface area contributed by atoms with E-state index in [2.05, 4.69) is 14.8 Å². The average Bonchev–Trinajstić information content (AvgIpc) is 2.70. The second kappa shape index (κ2) is 4.87. The molecule has 3 nitrogen and oxygen atoms in total. The second-order valence-electron chi connectivity index (χ2n) is 4.75. The molecule has 2 aromatic carbocycles. The van der Waals surface area contributed by atoms with E-state index in [0.717, 1.165) is 11.1 Å². The van der Waals surface area contributed by atoms with Crippen LogP contribution in [-0.2, 0) is 6.54 Å². The summed E-state index contributed by atoms with van der Waals surface area (Å²) < 4.78 is 47.5. The molecule has 0 saturated heterocycles. The minimum absolute atomic E-state index is 0.00325. The summed E-state index contributed by atoms with van der Waals surface area (Å²) in [6.07, 6.45) is -3.62. The molecule has 1 heterocycles. The molecule has 0 amide bonds. The average molecular weight is 295 g/mol. The van der Waals surface area contributed by atoms with Crippen LogP contribution in [0.3, 0.4) is 0 Å². The van der Waals surface area contributed by atoms with E-state index in [0.29, 0.717) is 12.2 Å². The van der Waals surface area contributed by atoms with Crippen molar-refractivity contribution >= 4 is 5.69 Å². The van der Waals surface area contributed by atoms with Crippen LogP contribution in [0.2, 0.25) is 0 Å². The SMILES string of the molecule is Cc1cc(F)ccc1CNc1ccc2c(c1)OC(F)(F)O2. The van der Waals surface area contributed by atoms with Crippen LogP contribution in [0.15, 0.2) is 36.4 Å². The van der Waals surface area contributed by atoms with Gasteiger partial charge in [0.1, 0.15) is 5.82 Å². The minimum Gasteiger partial charge on any atom is -0.395 e. The molecule has 0 spiro atoms. The van der Waals surface area contributed by atoms with Gasteiger partial charge < -0.3 is 14.8 Å². The number of rotatable bonds is 3. The number of nitrogens with one attached hydrogen (secondary N) is 1. The topological polar surface area (TPSA) is 30.5 Å². The van der Waals surface area contributed by atoms with E-state index >= 15 is 0 Å². The molecule has 0 atom stereocenters. The van der Waals surface area contributed by atoms with Crippen molar-refractivity contribution in [1.29, 1.82) is 0 Å². The summed E-state index contributed by atoms with van der Waals surface area (Å²) in [5.74, 6) is -0.300. The van der Waals surface area contributed by atoms with Gasteiger partial charge in [-0.1, -0.05) is 6.07 Å². The molecule has 3 rings (SSSR count). The predicted octanol–water partition coefficient (Wildman–Crippen LogP) is 4.07. The summed E-state index contributed by atoms with van der Waals surface area (Å²) >= 11 is 0. The number of ether oxygens (including phenoxy) is 2. The van der Waals surface area contributed by atoms with Crippen molar-refractivity contribution in [3.8, 4) is 11.5 Å². The third kappa shape index (κ3) is 2.89. The molecule has 110 valence electrons. The highest BCUT2D eigenvalue weighted by molar-refractivity contribution is 5.56. The lowest BCUT2D eigenvalue weighted by atomic mass is 10.1. The molecule has 1 aliphatic rings. The highest BCUT2D eigenvalue weighted by Gasteiger charge is 2.43. The van der Waals surface area contributed by atoms with E-state index in [1.165, 1.54) is 24.3 Å². The molecular formula is C15H12F3NO2. The Balaban J connectivity index is 1.72. The lowest BCUT2D eigenvalue weighted by Crippen LogP contribution is -2.25. The maximum Gasteiger partial charge on any atom is 0.586 e. The number of hydrogen-bond acceptors (Lipinski definition) is 3. The Labute approximate surface area is 119 Å². The van der Waals surface area contributed by atoms with E-state index < -0.39 is 6.29 Å². The van der Waals surface area contributed by atoms with Crippen molar-refractivity contribution < 1.29 is 22.6 Å². The summed E-state index contributed by atoms with van der Waals surface area (Å²) in [7, 11) is 0. The molecule has 2 aromatic rings. The van der Waals surface area contributed by atoms with Crippen molar-refractivity contribution in [2.24, 2.45) is 0 Å². The Hall–Kier alpha value is -2.37. The van der Waals surface area contributed by atoms with Gasteiger partial charge in [-0.2, -0.15) is 0 Å². The first-order chi connectivity index (χ1) is 9.93. The molecule has 21 heavy (non-hydrogen) atoms. The first kappa shape index (κ1) is 13.6. The second-order valence-corrected chi connectivity index (χ2v) is 4.75. The molecular weight excluding hydrogens is 283 g/mol. The monoisotopic (exact) mass is 295 g/mol. The molecule has 1 aliphatic heterocycles. The quantitative estimate of drug-likeness (QED) is 0.926. The van der Waals surface area contributed by atoms with Gasteiger partial charge in [0.25, 0.3) is 0 Å². The van der Waals surface area contributed by atoms with Crippen LogP contribution in [0.25, 0.3) is 0 Å². The fourth-order valence-corrected chi connectivity index (χ4v) is 2.11. The molecule has 0 radical (unpaired) electrons. The van der Waals surface area contributed by atoms with E-state index in [9.17, 15) is 13.2 Å². The third-order valence-corrected chi connectivity index (χ3v) is 3.19. The van der Waals surface area contributed by atoms with Crippen molar-refractivity contribution in [3.63, 3.8) is 0 Å². The lowest BCUT2D eigenvalue weighted by molar-refractivity contribution is -0.286. The summed E-state index contributed by atoms with van der Waals surface area (Å²) in [5.41, 5.74) is 2.34. The zero-order chi connectivity index (χ0) is 15.0. The zero-order valence-electron chi connectivity index (χ0n) is 11.1. The molecule has 0 saturated carbocycles. The number of hydrogen-bond donors (Lipinski definition) is 1. The van der Waals surface area contributed by atoms with Gasteiger partial charge in [-0.3, -0.25) is 0 Å². The van der Waals surface area contributed by atoms with Crippen LogP contribution in [0, 0.1) is 12.7 Å². The number of halogens is 3. The van der Waals surface area contributed by atoms with E-state index in [-0.39, 0.29) is 17.3 Å². The normalized spacial score (nSPS) is 15.0. The number of anilines is 1. The Morgan fingerprint density at radius 1 is 1.05 bits per heavy atom. The number of aryl methyl sites for hydroxylation is 1. The standard InChI is InChI=1S/C15H12F3NO2/c1-9-6-11(16)3-2-10(9)8-19-12-4-5-13-14(7-12)21-15(17,18)20-13/h2-7,19H,8H2,1H3. The summed E-state index contributed by atoms with van der Waals surface area (Å²) in [6, 6.07) is 8.97. The molecule has 0 unspecified atom stereocenters. The largest absolute Gasteiger partial charge is 0.586 e. The van der Waals surface area contributed by atoms with Crippen LogP contribution in [0.5, 0.6) is 11.5 Å². The lowest BCUT2D eigenvalue weighted by Gasteiger charge is -2.09. The van der Waals surface area contributed by atoms with Crippen molar-refractivity contribution in [2.45, 2.75) is 19.8 Å². The van der Waals surface area contributed by atoms with Crippen LogP contribution in [0.4, 0.5) is 18.9 Å². The van der Waals surface area contributed by atoms with Gasteiger partial charge in [-0.15, -0.1) is 8.78 Å². The highest BCUT2D eigenvalue weighted by Crippen LogP contribution is 2.42. The van der Waals surface area contributed by atoms with Crippen LogP contribution < -0.4 is 14.8 Å². The molecule has 1 N–H and O–H groups in total. The first-order valence-electron chi connectivity index (χ1n) is 6.32. The summed E-state index contributed by atoms with van der Waals surface area (Å²) in [6.45, 7) is 2.25. The van der Waals surface area contributed by atoms with Gasteiger partial charge in [0.05, 0.1) is 0 Å². The van der Waals surface area contributed by atoms with Gasteiger partial charge in [-0.05, 0) is 42.3 Å². The number of benzene rings is 2.